The molecule has 0 unspecified atom stereocenters. The molecule has 0 amide bonds. The van der Waals surface area contributed by atoms with Gasteiger partial charge in [0.25, 0.3) is 0 Å². The first kappa shape index (κ1) is 10.6. The van der Waals surface area contributed by atoms with Crippen molar-refractivity contribution in [1.29, 1.82) is 0 Å². The maximum absolute atomic E-state index is 12.0. The van der Waals surface area contributed by atoms with Gasteiger partial charge in [-0.15, -0.1) is 0 Å². The molecule has 3 heteroatoms. The summed E-state index contributed by atoms with van der Waals surface area (Å²) in [6.07, 6.45) is 0.348. The van der Waals surface area contributed by atoms with Gasteiger partial charge in [-0.05, 0) is 13.0 Å². The zero-order chi connectivity index (χ0) is 12.0. The first-order valence-electron chi connectivity index (χ1n) is 5.58. The van der Waals surface area contributed by atoms with E-state index in [2.05, 4.69) is 0 Å². The number of rotatable bonds is 0. The molecule has 2 aromatic rings. The van der Waals surface area contributed by atoms with E-state index in [1.54, 1.807) is 6.07 Å². The number of carbonyl (C=O) groups excluding carboxylic acids is 1. The third-order valence-electron chi connectivity index (χ3n) is 3.04. The van der Waals surface area contributed by atoms with Crippen LogP contribution in [0.25, 0.3) is 10.8 Å². The number of carbonyl (C=O) groups is 1. The number of ketones is 1. The lowest BCUT2D eigenvalue weighted by Crippen LogP contribution is -2.24. The van der Waals surface area contributed by atoms with Gasteiger partial charge in [0.05, 0.1) is 5.56 Å². The van der Waals surface area contributed by atoms with Crippen LogP contribution in [-0.2, 0) is 0 Å². The average molecular weight is 247 g/mol. The van der Waals surface area contributed by atoms with E-state index in [9.17, 15) is 4.79 Å². The van der Waals surface area contributed by atoms with E-state index in [4.69, 9.17) is 16.3 Å². The van der Waals surface area contributed by atoms with Crippen molar-refractivity contribution in [3.05, 3.63) is 40.9 Å². The standard InChI is InChI=1S/C14H11ClO2/c1-8-6-13(16)11-7-12(15)9-4-2-3-5-10(9)14(11)17-8/h2-5,7-8H,6H2,1H3/t8-/m0/s1. The molecule has 17 heavy (non-hydrogen) atoms. The van der Waals surface area contributed by atoms with Crippen molar-refractivity contribution in [2.24, 2.45) is 0 Å². The highest BCUT2D eigenvalue weighted by Gasteiger charge is 2.26. The van der Waals surface area contributed by atoms with E-state index < -0.39 is 0 Å². The molecule has 0 N–H and O–H groups in total. The van der Waals surface area contributed by atoms with Crippen LogP contribution in [0.4, 0.5) is 0 Å². The maximum atomic E-state index is 12.0. The summed E-state index contributed by atoms with van der Waals surface area (Å²) in [5.41, 5.74) is 0.604. The summed E-state index contributed by atoms with van der Waals surface area (Å²) in [7, 11) is 0. The van der Waals surface area contributed by atoms with E-state index in [0.717, 1.165) is 10.8 Å². The van der Waals surface area contributed by atoms with Gasteiger partial charge < -0.3 is 4.74 Å². The number of Topliss-reactive ketones (excluding diaryl/α,β-unsaturated/α-hetero) is 1. The lowest BCUT2D eigenvalue weighted by Gasteiger charge is -2.24. The summed E-state index contributed by atoms with van der Waals surface area (Å²) in [6.45, 7) is 1.91. The summed E-state index contributed by atoms with van der Waals surface area (Å²) in [5, 5.41) is 2.44. The molecule has 86 valence electrons. The van der Waals surface area contributed by atoms with Crippen LogP contribution >= 0.6 is 11.6 Å². The van der Waals surface area contributed by atoms with Crippen LogP contribution in [0.5, 0.6) is 5.75 Å². The van der Waals surface area contributed by atoms with Crippen LogP contribution in [-0.4, -0.2) is 11.9 Å². The van der Waals surface area contributed by atoms with Gasteiger partial charge in [-0.3, -0.25) is 4.79 Å². The second-order valence-electron chi connectivity index (χ2n) is 4.34. The topological polar surface area (TPSA) is 26.3 Å². The van der Waals surface area contributed by atoms with Crippen molar-refractivity contribution in [2.75, 3.05) is 0 Å². The van der Waals surface area contributed by atoms with Crippen molar-refractivity contribution in [3.63, 3.8) is 0 Å². The molecule has 0 aliphatic carbocycles. The summed E-state index contributed by atoms with van der Waals surface area (Å²) < 4.78 is 5.79. The third kappa shape index (κ3) is 1.60. The Kier molecular flexibility index (Phi) is 2.33. The Balaban J connectivity index is 2.38. The van der Waals surface area contributed by atoms with Gasteiger partial charge in [0.2, 0.25) is 0 Å². The Hall–Kier alpha value is -1.54. The minimum absolute atomic E-state index is 0.0698. The first-order valence-corrected chi connectivity index (χ1v) is 5.95. The van der Waals surface area contributed by atoms with Gasteiger partial charge >= 0.3 is 0 Å². The SMILES string of the molecule is C[C@H]1CC(=O)c2cc(Cl)c3ccccc3c2O1. The molecule has 0 saturated carbocycles. The molecule has 1 aliphatic heterocycles. The molecular formula is C14H11ClO2. The number of halogens is 1. The van der Waals surface area contributed by atoms with Gasteiger partial charge in [-0.2, -0.15) is 0 Å². The highest BCUT2D eigenvalue weighted by Crippen LogP contribution is 2.38. The molecule has 2 nitrogen and oxygen atoms in total. The van der Waals surface area contributed by atoms with Crippen LogP contribution in [0, 0.1) is 0 Å². The summed E-state index contributed by atoms with van der Waals surface area (Å²) in [4.78, 5) is 12.0. The van der Waals surface area contributed by atoms with Crippen molar-refractivity contribution < 1.29 is 9.53 Å². The number of benzene rings is 2. The minimum Gasteiger partial charge on any atom is -0.489 e. The lowest BCUT2D eigenvalue weighted by atomic mass is 9.97. The predicted octanol–water partition coefficient (Wildman–Crippen LogP) is 3.85. The Morgan fingerprint density at radius 2 is 2.00 bits per heavy atom. The van der Waals surface area contributed by atoms with Gasteiger partial charge in [-0.1, -0.05) is 35.9 Å². The maximum Gasteiger partial charge on any atom is 0.170 e. The molecule has 1 atom stereocenters. The van der Waals surface area contributed by atoms with E-state index in [1.165, 1.54) is 0 Å². The first-order chi connectivity index (χ1) is 8.16. The monoisotopic (exact) mass is 246 g/mol. The smallest absolute Gasteiger partial charge is 0.170 e. The second-order valence-corrected chi connectivity index (χ2v) is 4.74. The molecule has 2 aromatic carbocycles. The summed E-state index contributed by atoms with van der Waals surface area (Å²) >= 11 is 6.19. The minimum atomic E-state index is -0.0698. The Morgan fingerprint density at radius 1 is 1.29 bits per heavy atom. The molecule has 3 rings (SSSR count). The van der Waals surface area contributed by atoms with Gasteiger partial charge in [-0.25, -0.2) is 0 Å². The molecule has 0 aromatic heterocycles. The molecule has 0 bridgehead atoms. The highest BCUT2D eigenvalue weighted by molar-refractivity contribution is 6.36. The quantitative estimate of drug-likeness (QED) is 0.706. The van der Waals surface area contributed by atoms with Crippen LogP contribution in [0.2, 0.25) is 5.02 Å². The van der Waals surface area contributed by atoms with E-state index in [1.807, 2.05) is 31.2 Å². The van der Waals surface area contributed by atoms with Crippen molar-refractivity contribution in [2.45, 2.75) is 19.4 Å². The fourth-order valence-corrected chi connectivity index (χ4v) is 2.53. The van der Waals surface area contributed by atoms with Crippen LogP contribution in [0.15, 0.2) is 30.3 Å². The highest BCUT2D eigenvalue weighted by atomic mass is 35.5. The lowest BCUT2D eigenvalue weighted by molar-refractivity contribution is 0.0874. The fraction of sp³-hybridized carbons (Fsp3) is 0.214. The number of hydrogen-bond acceptors (Lipinski definition) is 2. The van der Waals surface area contributed by atoms with E-state index in [0.29, 0.717) is 22.8 Å². The second kappa shape index (κ2) is 3.74. The summed E-state index contributed by atoms with van der Waals surface area (Å²) in [6, 6.07) is 9.44. The molecule has 0 radical (unpaired) electrons. The van der Waals surface area contributed by atoms with E-state index in [-0.39, 0.29) is 11.9 Å². The van der Waals surface area contributed by atoms with Gasteiger partial charge in [0.15, 0.2) is 5.78 Å². The molecule has 0 fully saturated rings. The normalized spacial score (nSPS) is 18.9. The van der Waals surface area contributed by atoms with Crippen molar-refractivity contribution >= 4 is 28.2 Å². The molecule has 1 aliphatic rings. The Morgan fingerprint density at radius 3 is 2.76 bits per heavy atom. The number of fused-ring (bicyclic) bond motifs is 3. The van der Waals surface area contributed by atoms with Gasteiger partial charge in [0, 0.05) is 22.2 Å². The summed E-state index contributed by atoms with van der Waals surface area (Å²) in [5.74, 6) is 0.778. The van der Waals surface area contributed by atoms with Crippen molar-refractivity contribution in [3.8, 4) is 5.75 Å². The van der Waals surface area contributed by atoms with E-state index >= 15 is 0 Å². The van der Waals surface area contributed by atoms with Gasteiger partial charge in [0.1, 0.15) is 11.9 Å². The molecule has 0 spiro atoms. The van der Waals surface area contributed by atoms with Crippen LogP contribution in [0.3, 0.4) is 0 Å². The molecular weight excluding hydrogens is 236 g/mol. The Bertz CT molecular complexity index is 619. The number of hydrogen-bond donors (Lipinski definition) is 0. The van der Waals surface area contributed by atoms with Crippen LogP contribution < -0.4 is 4.74 Å². The molecule has 0 saturated heterocycles. The zero-order valence-corrected chi connectivity index (χ0v) is 10.1. The Labute approximate surface area is 104 Å². The molecule has 1 heterocycles. The average Bonchev–Trinajstić information content (AvgIpc) is 2.31. The fourth-order valence-electron chi connectivity index (χ4n) is 2.25. The van der Waals surface area contributed by atoms with Crippen molar-refractivity contribution in [1.82, 2.24) is 0 Å². The number of ether oxygens (including phenoxy) is 1. The zero-order valence-electron chi connectivity index (χ0n) is 9.37. The predicted molar refractivity (Wildman–Crippen MR) is 68.0 cm³/mol. The third-order valence-corrected chi connectivity index (χ3v) is 3.35. The van der Waals surface area contributed by atoms with Crippen LogP contribution in [0.1, 0.15) is 23.7 Å². The largest absolute Gasteiger partial charge is 0.489 e.